The van der Waals surface area contributed by atoms with Gasteiger partial charge >= 0.3 is 0 Å². The van der Waals surface area contributed by atoms with Gasteiger partial charge in [0.2, 0.25) is 0 Å². The van der Waals surface area contributed by atoms with Crippen LogP contribution in [-0.2, 0) is 0 Å². The molecule has 2 N–H and O–H groups in total. The van der Waals surface area contributed by atoms with Crippen LogP contribution in [0.1, 0.15) is 0 Å². The van der Waals surface area contributed by atoms with Crippen LogP contribution in [0.2, 0.25) is 5.02 Å². The van der Waals surface area contributed by atoms with Crippen molar-refractivity contribution >= 4 is 39.8 Å². The number of benzene rings is 1. The Morgan fingerprint density at radius 2 is 1.95 bits per heavy atom. The molecule has 3 nitrogen and oxygen atoms in total. The standard InChI is InChI=1S/C14H10ClN3S/c15-11-2-1-6-18-14(11)19-13-4-3-12(16)10-8-17-7-5-9(10)13/h1-8H,16H2. The van der Waals surface area contributed by atoms with Crippen molar-refractivity contribution in [3.05, 3.63) is 53.9 Å². The summed E-state index contributed by atoms with van der Waals surface area (Å²) < 4.78 is 0. The van der Waals surface area contributed by atoms with E-state index >= 15 is 0 Å². The van der Waals surface area contributed by atoms with Gasteiger partial charge in [-0.2, -0.15) is 0 Å². The van der Waals surface area contributed by atoms with Gasteiger partial charge in [0.1, 0.15) is 5.03 Å². The Morgan fingerprint density at radius 3 is 2.79 bits per heavy atom. The molecule has 2 heterocycles. The highest BCUT2D eigenvalue weighted by molar-refractivity contribution is 7.99. The summed E-state index contributed by atoms with van der Waals surface area (Å²) in [6, 6.07) is 9.46. The lowest BCUT2D eigenvalue weighted by atomic mass is 10.1. The Labute approximate surface area is 119 Å². The lowest BCUT2D eigenvalue weighted by Gasteiger charge is -2.08. The Bertz CT molecular complexity index is 746. The van der Waals surface area contributed by atoms with Crippen molar-refractivity contribution in [3.63, 3.8) is 0 Å². The number of pyridine rings is 2. The van der Waals surface area contributed by atoms with Gasteiger partial charge in [0, 0.05) is 39.9 Å². The molecule has 0 spiro atoms. The number of rotatable bonds is 2. The SMILES string of the molecule is Nc1ccc(Sc2ncccc2Cl)c2ccncc12. The second-order valence-corrected chi connectivity index (χ2v) is 5.40. The highest BCUT2D eigenvalue weighted by Crippen LogP contribution is 2.36. The molecule has 5 heteroatoms. The van der Waals surface area contributed by atoms with Crippen LogP contribution in [0.5, 0.6) is 0 Å². The van der Waals surface area contributed by atoms with Crippen molar-refractivity contribution in [1.82, 2.24) is 9.97 Å². The van der Waals surface area contributed by atoms with E-state index < -0.39 is 0 Å². The zero-order chi connectivity index (χ0) is 13.2. The molecule has 2 aromatic heterocycles. The largest absolute Gasteiger partial charge is 0.398 e. The van der Waals surface area contributed by atoms with Crippen LogP contribution in [-0.4, -0.2) is 9.97 Å². The molecule has 0 radical (unpaired) electrons. The Kier molecular flexibility index (Phi) is 3.27. The van der Waals surface area contributed by atoms with Gasteiger partial charge in [-0.05, 0) is 30.3 Å². The van der Waals surface area contributed by atoms with Gasteiger partial charge in [-0.1, -0.05) is 23.4 Å². The van der Waals surface area contributed by atoms with Crippen LogP contribution in [0.15, 0.2) is 58.8 Å². The van der Waals surface area contributed by atoms with Gasteiger partial charge in [0.15, 0.2) is 0 Å². The van der Waals surface area contributed by atoms with Crippen molar-refractivity contribution in [2.24, 2.45) is 0 Å². The van der Waals surface area contributed by atoms with E-state index in [9.17, 15) is 0 Å². The summed E-state index contributed by atoms with van der Waals surface area (Å²) in [7, 11) is 0. The first-order valence-electron chi connectivity index (χ1n) is 5.66. The molecule has 3 aromatic rings. The zero-order valence-corrected chi connectivity index (χ0v) is 11.4. The molecule has 19 heavy (non-hydrogen) atoms. The first-order chi connectivity index (χ1) is 9.25. The van der Waals surface area contributed by atoms with Crippen LogP contribution < -0.4 is 5.73 Å². The minimum absolute atomic E-state index is 0.645. The molecule has 0 saturated heterocycles. The summed E-state index contributed by atoms with van der Waals surface area (Å²) >= 11 is 7.66. The number of fused-ring (bicyclic) bond motifs is 1. The lowest BCUT2D eigenvalue weighted by Crippen LogP contribution is -1.89. The molecular weight excluding hydrogens is 278 g/mol. The summed E-state index contributed by atoms with van der Waals surface area (Å²) in [5.41, 5.74) is 6.68. The minimum Gasteiger partial charge on any atom is -0.398 e. The maximum Gasteiger partial charge on any atom is 0.119 e. The van der Waals surface area contributed by atoms with Crippen LogP contribution >= 0.6 is 23.4 Å². The van der Waals surface area contributed by atoms with Gasteiger partial charge in [-0.25, -0.2) is 4.98 Å². The fourth-order valence-corrected chi connectivity index (χ4v) is 2.97. The quantitative estimate of drug-likeness (QED) is 0.723. The van der Waals surface area contributed by atoms with Crippen molar-refractivity contribution in [3.8, 4) is 0 Å². The van der Waals surface area contributed by atoms with Crippen LogP contribution in [0.3, 0.4) is 0 Å². The molecule has 0 amide bonds. The van der Waals surface area contributed by atoms with E-state index in [1.165, 1.54) is 11.8 Å². The molecule has 0 unspecified atom stereocenters. The highest BCUT2D eigenvalue weighted by atomic mass is 35.5. The summed E-state index contributed by atoms with van der Waals surface area (Å²) in [5.74, 6) is 0. The number of hydrogen-bond donors (Lipinski definition) is 1. The van der Waals surface area contributed by atoms with Crippen LogP contribution in [0, 0.1) is 0 Å². The Balaban J connectivity index is 2.12. The number of nitrogens with zero attached hydrogens (tertiary/aromatic N) is 2. The van der Waals surface area contributed by atoms with E-state index in [4.69, 9.17) is 17.3 Å². The first kappa shape index (κ1) is 12.3. The lowest BCUT2D eigenvalue weighted by molar-refractivity contribution is 1.13. The minimum atomic E-state index is 0.645. The summed E-state index contributed by atoms with van der Waals surface area (Å²) in [4.78, 5) is 9.46. The van der Waals surface area contributed by atoms with Crippen molar-refractivity contribution in [2.75, 3.05) is 5.73 Å². The molecule has 0 aliphatic heterocycles. The first-order valence-corrected chi connectivity index (χ1v) is 6.86. The number of hydrogen-bond acceptors (Lipinski definition) is 4. The van der Waals surface area contributed by atoms with Crippen LogP contribution in [0.4, 0.5) is 5.69 Å². The molecule has 0 atom stereocenters. The van der Waals surface area contributed by atoms with Crippen molar-refractivity contribution in [1.29, 1.82) is 0 Å². The maximum atomic E-state index is 6.14. The van der Waals surface area contributed by atoms with E-state index in [1.54, 1.807) is 18.6 Å². The van der Waals surface area contributed by atoms with E-state index in [2.05, 4.69) is 9.97 Å². The topological polar surface area (TPSA) is 51.8 Å². The Hall–Kier alpha value is -1.78. The number of halogens is 1. The van der Waals surface area contributed by atoms with E-state index in [0.29, 0.717) is 5.02 Å². The molecule has 94 valence electrons. The fourth-order valence-electron chi connectivity index (χ4n) is 1.82. The van der Waals surface area contributed by atoms with Gasteiger partial charge in [-0.15, -0.1) is 0 Å². The third-order valence-electron chi connectivity index (χ3n) is 2.74. The molecule has 0 aliphatic carbocycles. The molecule has 0 bridgehead atoms. The number of anilines is 1. The van der Waals surface area contributed by atoms with Gasteiger partial charge in [0.25, 0.3) is 0 Å². The summed E-state index contributed by atoms with van der Waals surface area (Å²) in [6.07, 6.45) is 5.26. The second kappa shape index (κ2) is 5.07. The molecular formula is C14H10ClN3S. The van der Waals surface area contributed by atoms with Crippen molar-refractivity contribution in [2.45, 2.75) is 9.92 Å². The smallest absolute Gasteiger partial charge is 0.119 e. The average molecular weight is 288 g/mol. The molecule has 0 fully saturated rings. The summed E-state index contributed by atoms with van der Waals surface area (Å²) in [6.45, 7) is 0. The molecule has 1 aromatic carbocycles. The number of nitrogen functional groups attached to an aromatic ring is 1. The average Bonchev–Trinajstić information content (AvgIpc) is 2.44. The third kappa shape index (κ3) is 2.37. The van der Waals surface area contributed by atoms with E-state index in [-0.39, 0.29) is 0 Å². The van der Waals surface area contributed by atoms with Gasteiger partial charge in [-0.3, -0.25) is 4.98 Å². The van der Waals surface area contributed by atoms with E-state index in [1.807, 2.05) is 30.3 Å². The summed E-state index contributed by atoms with van der Waals surface area (Å²) in [5, 5.41) is 3.43. The van der Waals surface area contributed by atoms with Gasteiger partial charge < -0.3 is 5.73 Å². The van der Waals surface area contributed by atoms with Crippen LogP contribution in [0.25, 0.3) is 10.8 Å². The van der Waals surface area contributed by atoms with Gasteiger partial charge in [0.05, 0.1) is 5.02 Å². The number of aromatic nitrogens is 2. The number of nitrogens with two attached hydrogens (primary N) is 1. The fraction of sp³-hybridized carbons (Fsp3) is 0. The highest BCUT2D eigenvalue weighted by Gasteiger charge is 2.08. The van der Waals surface area contributed by atoms with E-state index in [0.717, 1.165) is 26.4 Å². The molecule has 0 saturated carbocycles. The molecule has 3 rings (SSSR count). The monoisotopic (exact) mass is 287 g/mol. The third-order valence-corrected chi connectivity index (χ3v) is 4.25. The second-order valence-electron chi connectivity index (χ2n) is 3.97. The Morgan fingerprint density at radius 1 is 1.05 bits per heavy atom. The van der Waals surface area contributed by atoms with Crippen molar-refractivity contribution < 1.29 is 0 Å². The normalized spacial score (nSPS) is 10.8. The predicted molar refractivity (Wildman–Crippen MR) is 79.5 cm³/mol. The molecule has 0 aliphatic rings. The zero-order valence-electron chi connectivity index (χ0n) is 9.88. The maximum absolute atomic E-state index is 6.14. The predicted octanol–water partition coefficient (Wildman–Crippen LogP) is 4.02.